The number of ether oxygens (including phenoxy) is 1. The fraction of sp³-hybridized carbons (Fsp3) is 0.261. The fourth-order valence-electron chi connectivity index (χ4n) is 2.93. The van der Waals surface area contributed by atoms with Gasteiger partial charge in [-0.1, -0.05) is 51.1 Å². The third-order valence-electron chi connectivity index (χ3n) is 4.27. The molecule has 0 spiro atoms. The van der Waals surface area contributed by atoms with E-state index in [2.05, 4.69) is 36.1 Å². The Morgan fingerprint density at radius 1 is 1.07 bits per heavy atom. The molecule has 5 heteroatoms. The largest absolute Gasteiger partial charge is 0.483 e. The average Bonchev–Trinajstić information content (AvgIpc) is 2.66. The minimum absolute atomic E-state index is 0.0517. The lowest BCUT2D eigenvalue weighted by Gasteiger charge is -2.22. The lowest BCUT2D eigenvalue weighted by molar-refractivity contribution is -0.118. The van der Waals surface area contributed by atoms with E-state index in [1.807, 2.05) is 61.5 Å². The van der Waals surface area contributed by atoms with Crippen LogP contribution in [-0.4, -0.2) is 22.5 Å². The van der Waals surface area contributed by atoms with Crippen molar-refractivity contribution in [3.8, 4) is 17.0 Å². The molecule has 1 amide bonds. The average molecular weight is 375 g/mol. The quantitative estimate of drug-likeness (QED) is 0.698. The molecule has 0 bridgehead atoms. The van der Waals surface area contributed by atoms with Gasteiger partial charge in [0.05, 0.1) is 5.69 Å². The van der Waals surface area contributed by atoms with Gasteiger partial charge in [-0.15, -0.1) is 0 Å². The van der Waals surface area contributed by atoms with Crippen molar-refractivity contribution in [1.82, 2.24) is 9.97 Å². The summed E-state index contributed by atoms with van der Waals surface area (Å²) in [6.07, 6.45) is 1.73. The Labute approximate surface area is 165 Å². The van der Waals surface area contributed by atoms with Gasteiger partial charge in [0, 0.05) is 17.4 Å². The number of para-hydroxylation sites is 1. The van der Waals surface area contributed by atoms with E-state index in [4.69, 9.17) is 4.74 Å². The van der Waals surface area contributed by atoms with E-state index in [9.17, 15) is 4.79 Å². The van der Waals surface area contributed by atoms with Gasteiger partial charge in [-0.05, 0) is 42.2 Å². The van der Waals surface area contributed by atoms with Crippen LogP contribution in [0.3, 0.4) is 0 Å². The third-order valence-corrected chi connectivity index (χ3v) is 4.27. The molecule has 5 nitrogen and oxygen atoms in total. The number of rotatable bonds is 5. The highest BCUT2D eigenvalue weighted by Gasteiger charge is 2.19. The van der Waals surface area contributed by atoms with Crippen LogP contribution in [0.4, 0.5) is 5.69 Å². The Hall–Kier alpha value is -3.21. The number of benzene rings is 2. The maximum atomic E-state index is 12.4. The molecule has 0 fully saturated rings. The first-order valence-corrected chi connectivity index (χ1v) is 9.25. The zero-order valence-electron chi connectivity index (χ0n) is 16.7. The van der Waals surface area contributed by atoms with Crippen molar-refractivity contribution in [1.29, 1.82) is 0 Å². The van der Waals surface area contributed by atoms with Crippen LogP contribution in [-0.2, 0) is 10.2 Å². The molecular formula is C23H25N3O2. The molecule has 0 aliphatic carbocycles. The number of hydrogen-bond donors (Lipinski definition) is 1. The standard InChI is InChI=1S/C23H25N3O2/c1-16-24-13-12-20(25-16)17-8-7-9-18(14-17)26-22(27)15-28-21-11-6-5-10-19(21)23(2,3)4/h5-14H,15H2,1-4H3,(H,26,27). The lowest BCUT2D eigenvalue weighted by Crippen LogP contribution is -2.22. The first kappa shape index (κ1) is 19.5. The first-order valence-electron chi connectivity index (χ1n) is 9.25. The van der Waals surface area contributed by atoms with Crippen LogP contribution < -0.4 is 10.1 Å². The second kappa shape index (κ2) is 8.21. The second-order valence-corrected chi connectivity index (χ2v) is 7.65. The van der Waals surface area contributed by atoms with E-state index in [1.54, 1.807) is 6.20 Å². The van der Waals surface area contributed by atoms with E-state index in [-0.39, 0.29) is 17.9 Å². The molecule has 3 aromatic rings. The maximum absolute atomic E-state index is 12.4. The van der Waals surface area contributed by atoms with Crippen LogP contribution in [0.25, 0.3) is 11.3 Å². The normalized spacial score (nSPS) is 11.1. The summed E-state index contributed by atoms with van der Waals surface area (Å²) in [7, 11) is 0. The summed E-state index contributed by atoms with van der Waals surface area (Å²) in [5.74, 6) is 1.23. The minimum Gasteiger partial charge on any atom is -0.483 e. The Morgan fingerprint density at radius 2 is 1.86 bits per heavy atom. The van der Waals surface area contributed by atoms with Gasteiger partial charge >= 0.3 is 0 Å². The van der Waals surface area contributed by atoms with Crippen molar-refractivity contribution in [3.05, 3.63) is 72.2 Å². The van der Waals surface area contributed by atoms with Crippen LogP contribution in [0, 0.1) is 6.92 Å². The molecule has 0 aliphatic heterocycles. The molecule has 0 aliphatic rings. The summed E-state index contributed by atoms with van der Waals surface area (Å²) < 4.78 is 5.80. The van der Waals surface area contributed by atoms with Gasteiger partial charge in [0.15, 0.2) is 6.61 Å². The van der Waals surface area contributed by atoms with E-state index in [1.165, 1.54) is 0 Å². The molecule has 1 N–H and O–H groups in total. The molecular weight excluding hydrogens is 350 g/mol. The van der Waals surface area contributed by atoms with Gasteiger partial charge < -0.3 is 10.1 Å². The summed E-state index contributed by atoms with van der Waals surface area (Å²) in [4.78, 5) is 20.9. The number of aryl methyl sites for hydroxylation is 1. The molecule has 2 aromatic carbocycles. The van der Waals surface area contributed by atoms with Crippen molar-refractivity contribution in [2.75, 3.05) is 11.9 Å². The van der Waals surface area contributed by atoms with Crippen LogP contribution >= 0.6 is 0 Å². The SMILES string of the molecule is Cc1nccc(-c2cccc(NC(=O)COc3ccccc3C(C)(C)C)c2)n1. The summed E-state index contributed by atoms with van der Waals surface area (Å²) in [6.45, 7) is 8.16. The smallest absolute Gasteiger partial charge is 0.262 e. The highest BCUT2D eigenvalue weighted by molar-refractivity contribution is 5.92. The van der Waals surface area contributed by atoms with Gasteiger partial charge in [-0.2, -0.15) is 0 Å². The number of carbonyl (C=O) groups is 1. The molecule has 3 rings (SSSR count). The molecule has 1 aromatic heterocycles. The topological polar surface area (TPSA) is 64.1 Å². The van der Waals surface area contributed by atoms with Gasteiger partial charge in [0.1, 0.15) is 11.6 Å². The van der Waals surface area contributed by atoms with Gasteiger partial charge in [-0.3, -0.25) is 4.79 Å². The van der Waals surface area contributed by atoms with E-state index >= 15 is 0 Å². The number of nitrogens with one attached hydrogen (secondary N) is 1. The van der Waals surface area contributed by atoms with Crippen molar-refractivity contribution in [3.63, 3.8) is 0 Å². The Bertz CT molecular complexity index is 977. The Kier molecular flexibility index (Phi) is 5.73. The van der Waals surface area contributed by atoms with Crippen LogP contribution in [0.2, 0.25) is 0 Å². The molecule has 0 saturated heterocycles. The van der Waals surface area contributed by atoms with Crippen LogP contribution in [0.5, 0.6) is 5.75 Å². The molecule has 0 saturated carbocycles. The third kappa shape index (κ3) is 4.94. The van der Waals surface area contributed by atoms with Crippen molar-refractivity contribution in [2.45, 2.75) is 33.1 Å². The van der Waals surface area contributed by atoms with Gasteiger partial charge in [0.2, 0.25) is 0 Å². The second-order valence-electron chi connectivity index (χ2n) is 7.65. The fourth-order valence-corrected chi connectivity index (χ4v) is 2.93. The molecule has 28 heavy (non-hydrogen) atoms. The van der Waals surface area contributed by atoms with Crippen LogP contribution in [0.15, 0.2) is 60.8 Å². The van der Waals surface area contributed by atoms with Crippen molar-refractivity contribution < 1.29 is 9.53 Å². The summed E-state index contributed by atoms with van der Waals surface area (Å²) in [5, 5.41) is 2.89. The van der Waals surface area contributed by atoms with Crippen LogP contribution in [0.1, 0.15) is 32.2 Å². The number of carbonyl (C=O) groups excluding carboxylic acids is 1. The Balaban J connectivity index is 1.67. The predicted octanol–water partition coefficient (Wildman–Crippen LogP) is 4.77. The molecule has 1 heterocycles. The number of nitrogens with zero attached hydrogens (tertiary/aromatic N) is 2. The molecule has 0 unspecified atom stereocenters. The zero-order chi connectivity index (χ0) is 20.1. The highest BCUT2D eigenvalue weighted by atomic mass is 16.5. The summed E-state index contributed by atoms with van der Waals surface area (Å²) >= 11 is 0. The summed E-state index contributed by atoms with van der Waals surface area (Å²) in [5.41, 5.74) is 3.45. The van der Waals surface area contributed by atoms with E-state index in [0.717, 1.165) is 22.6 Å². The molecule has 0 atom stereocenters. The number of amides is 1. The van der Waals surface area contributed by atoms with Gasteiger partial charge in [0.25, 0.3) is 5.91 Å². The monoisotopic (exact) mass is 375 g/mol. The zero-order valence-corrected chi connectivity index (χ0v) is 16.7. The molecule has 0 radical (unpaired) electrons. The first-order chi connectivity index (χ1) is 13.3. The van der Waals surface area contributed by atoms with Gasteiger partial charge in [-0.25, -0.2) is 9.97 Å². The lowest BCUT2D eigenvalue weighted by atomic mass is 9.86. The summed E-state index contributed by atoms with van der Waals surface area (Å²) in [6, 6.07) is 17.2. The number of hydrogen-bond acceptors (Lipinski definition) is 4. The number of anilines is 1. The van der Waals surface area contributed by atoms with Crippen molar-refractivity contribution >= 4 is 11.6 Å². The van der Waals surface area contributed by atoms with E-state index in [0.29, 0.717) is 11.5 Å². The predicted molar refractivity (Wildman–Crippen MR) is 111 cm³/mol. The Morgan fingerprint density at radius 3 is 2.61 bits per heavy atom. The van der Waals surface area contributed by atoms with Crippen molar-refractivity contribution in [2.24, 2.45) is 0 Å². The highest BCUT2D eigenvalue weighted by Crippen LogP contribution is 2.31. The number of aromatic nitrogens is 2. The molecule has 144 valence electrons. The minimum atomic E-state index is -0.209. The maximum Gasteiger partial charge on any atom is 0.262 e. The van der Waals surface area contributed by atoms with E-state index < -0.39 is 0 Å².